The molecule has 0 aromatic carbocycles. The maximum absolute atomic E-state index is 9.87. The Hall–Kier alpha value is -0.610. The molecule has 0 amide bonds. The zero-order valence-corrected chi connectivity index (χ0v) is 9.59. The zero-order chi connectivity index (χ0) is 10.3. The highest BCUT2D eigenvalue weighted by Crippen LogP contribution is 2.38. The first-order valence-corrected chi connectivity index (χ1v) is 6.59. The molecule has 0 saturated carbocycles. The molecule has 15 heavy (non-hydrogen) atoms. The maximum atomic E-state index is 9.87. The molecule has 2 aliphatic rings. The second kappa shape index (κ2) is 3.76. The minimum atomic E-state index is -0.248. The summed E-state index contributed by atoms with van der Waals surface area (Å²) in [6.45, 7) is 2.28. The molecule has 1 aromatic rings. The van der Waals surface area contributed by atoms with Crippen LogP contribution in [-0.2, 0) is 6.42 Å². The van der Waals surface area contributed by atoms with Gasteiger partial charge in [-0.25, -0.2) is 4.98 Å². The van der Waals surface area contributed by atoms with E-state index >= 15 is 0 Å². The second-order valence-electron chi connectivity index (χ2n) is 4.41. The Kier molecular flexibility index (Phi) is 2.41. The molecule has 3 rings (SSSR count). The van der Waals surface area contributed by atoms with E-state index in [0.717, 1.165) is 48.1 Å². The van der Waals surface area contributed by atoms with Gasteiger partial charge in [0, 0.05) is 13.1 Å². The van der Waals surface area contributed by atoms with E-state index in [1.807, 2.05) is 0 Å². The van der Waals surface area contributed by atoms with Crippen LogP contribution < -0.4 is 4.90 Å². The first-order valence-electron chi connectivity index (χ1n) is 5.77. The summed E-state index contributed by atoms with van der Waals surface area (Å²) < 4.78 is 0. The topological polar surface area (TPSA) is 36.4 Å². The van der Waals surface area contributed by atoms with Crippen molar-refractivity contribution in [3.05, 3.63) is 10.6 Å². The van der Waals surface area contributed by atoms with E-state index in [1.54, 1.807) is 11.3 Å². The number of hydrogen-bond acceptors (Lipinski definition) is 4. The number of hydrogen-bond donors (Lipinski definition) is 1. The van der Waals surface area contributed by atoms with Crippen LogP contribution in [0.15, 0.2) is 0 Å². The average Bonchev–Trinajstić information content (AvgIpc) is 2.86. The highest BCUT2D eigenvalue weighted by molar-refractivity contribution is 7.15. The third kappa shape index (κ3) is 1.66. The van der Waals surface area contributed by atoms with Crippen LogP contribution in [0.2, 0.25) is 0 Å². The van der Waals surface area contributed by atoms with Crippen LogP contribution in [-0.4, -0.2) is 23.2 Å². The Labute approximate surface area is 93.8 Å². The van der Waals surface area contributed by atoms with Crippen molar-refractivity contribution < 1.29 is 5.11 Å². The lowest BCUT2D eigenvalue weighted by molar-refractivity contribution is 0.160. The third-order valence-corrected chi connectivity index (χ3v) is 4.55. The van der Waals surface area contributed by atoms with Crippen LogP contribution in [0.25, 0.3) is 0 Å². The second-order valence-corrected chi connectivity index (χ2v) is 5.42. The van der Waals surface area contributed by atoms with Crippen LogP contribution in [0.4, 0.5) is 5.13 Å². The minimum Gasteiger partial charge on any atom is -0.388 e. The summed E-state index contributed by atoms with van der Waals surface area (Å²) in [5.41, 5.74) is 1.15. The van der Waals surface area contributed by atoms with Gasteiger partial charge in [-0.3, -0.25) is 0 Å². The Morgan fingerprint density at radius 1 is 1.27 bits per heavy atom. The number of anilines is 1. The fourth-order valence-corrected chi connectivity index (χ4v) is 3.61. The van der Waals surface area contributed by atoms with Crippen molar-refractivity contribution in [1.29, 1.82) is 0 Å². The van der Waals surface area contributed by atoms with Crippen molar-refractivity contribution in [2.75, 3.05) is 18.0 Å². The summed E-state index contributed by atoms with van der Waals surface area (Å²) in [7, 11) is 0. The molecule has 0 radical (unpaired) electrons. The number of aryl methyl sites for hydroxylation is 1. The van der Waals surface area contributed by atoms with Crippen molar-refractivity contribution in [2.24, 2.45) is 0 Å². The van der Waals surface area contributed by atoms with Gasteiger partial charge in [-0.2, -0.15) is 0 Å². The molecule has 1 aromatic heterocycles. The highest BCUT2D eigenvalue weighted by atomic mass is 32.1. The number of aliphatic hydroxyl groups is 1. The van der Waals surface area contributed by atoms with Gasteiger partial charge in [0.15, 0.2) is 5.13 Å². The first-order chi connectivity index (χ1) is 7.34. The Bertz CT molecular complexity index is 357. The molecule has 1 unspecified atom stereocenters. The zero-order valence-electron chi connectivity index (χ0n) is 8.78. The van der Waals surface area contributed by atoms with Crippen LogP contribution in [0.5, 0.6) is 0 Å². The molecule has 1 N–H and O–H groups in total. The van der Waals surface area contributed by atoms with E-state index in [1.165, 1.54) is 12.8 Å². The lowest BCUT2D eigenvalue weighted by atomic mass is 10.0. The molecular weight excluding hydrogens is 208 g/mol. The summed E-state index contributed by atoms with van der Waals surface area (Å²) in [5.74, 6) is 0. The fourth-order valence-electron chi connectivity index (χ4n) is 2.43. The number of aliphatic hydroxyl groups excluding tert-OH is 1. The van der Waals surface area contributed by atoms with Gasteiger partial charge in [0.05, 0.1) is 16.7 Å². The lowest BCUT2D eigenvalue weighted by Gasteiger charge is -2.14. The standard InChI is InChI=1S/C11H16N2OS/c14-9-5-3-4-8-10(9)15-11(12-8)13-6-1-2-7-13/h9,14H,1-7H2. The van der Waals surface area contributed by atoms with E-state index in [-0.39, 0.29) is 6.10 Å². The molecule has 82 valence electrons. The lowest BCUT2D eigenvalue weighted by Crippen LogP contribution is -2.17. The van der Waals surface area contributed by atoms with Gasteiger partial charge >= 0.3 is 0 Å². The molecule has 1 fully saturated rings. The van der Waals surface area contributed by atoms with Crippen LogP contribution >= 0.6 is 11.3 Å². The summed E-state index contributed by atoms with van der Waals surface area (Å²) >= 11 is 1.71. The quantitative estimate of drug-likeness (QED) is 0.793. The smallest absolute Gasteiger partial charge is 0.185 e. The van der Waals surface area contributed by atoms with E-state index < -0.39 is 0 Å². The molecule has 0 bridgehead atoms. The van der Waals surface area contributed by atoms with Crippen molar-refractivity contribution in [1.82, 2.24) is 4.98 Å². The first kappa shape index (κ1) is 9.60. The number of nitrogens with zero attached hydrogens (tertiary/aromatic N) is 2. The molecule has 1 atom stereocenters. The van der Waals surface area contributed by atoms with Gasteiger partial charge in [-0.1, -0.05) is 11.3 Å². The van der Waals surface area contributed by atoms with Crippen molar-refractivity contribution >= 4 is 16.5 Å². The summed E-state index contributed by atoms with van der Waals surface area (Å²) in [6.07, 6.45) is 5.37. The van der Waals surface area contributed by atoms with Gasteiger partial charge in [-0.05, 0) is 32.1 Å². The highest BCUT2D eigenvalue weighted by Gasteiger charge is 2.25. The maximum Gasteiger partial charge on any atom is 0.185 e. The largest absolute Gasteiger partial charge is 0.388 e. The summed E-state index contributed by atoms with van der Waals surface area (Å²) in [5, 5.41) is 11.0. The molecule has 3 nitrogen and oxygen atoms in total. The van der Waals surface area contributed by atoms with Gasteiger partial charge in [-0.15, -0.1) is 0 Å². The van der Waals surface area contributed by atoms with Gasteiger partial charge in [0.2, 0.25) is 0 Å². The van der Waals surface area contributed by atoms with E-state index in [2.05, 4.69) is 9.88 Å². The molecule has 0 spiro atoms. The molecule has 4 heteroatoms. The molecular formula is C11H16N2OS. The third-order valence-electron chi connectivity index (χ3n) is 3.29. The number of thiazole rings is 1. The van der Waals surface area contributed by atoms with Crippen molar-refractivity contribution in [3.8, 4) is 0 Å². The van der Waals surface area contributed by atoms with Crippen LogP contribution in [0, 0.1) is 0 Å². The van der Waals surface area contributed by atoms with E-state index in [9.17, 15) is 5.11 Å². The average molecular weight is 224 g/mol. The Morgan fingerprint density at radius 2 is 2.07 bits per heavy atom. The van der Waals surface area contributed by atoms with Crippen molar-refractivity contribution in [3.63, 3.8) is 0 Å². The monoisotopic (exact) mass is 224 g/mol. The Morgan fingerprint density at radius 3 is 2.80 bits per heavy atom. The SMILES string of the molecule is OC1CCCc2nc(N3CCCC3)sc21. The fraction of sp³-hybridized carbons (Fsp3) is 0.727. The predicted molar refractivity (Wildman–Crippen MR) is 61.5 cm³/mol. The van der Waals surface area contributed by atoms with Gasteiger partial charge in [0.1, 0.15) is 0 Å². The van der Waals surface area contributed by atoms with Gasteiger partial charge in [0.25, 0.3) is 0 Å². The number of aromatic nitrogens is 1. The molecule has 1 aliphatic carbocycles. The summed E-state index contributed by atoms with van der Waals surface area (Å²) in [4.78, 5) is 8.15. The number of rotatable bonds is 1. The normalized spacial score (nSPS) is 25.7. The predicted octanol–water partition coefficient (Wildman–Crippen LogP) is 2.11. The molecule has 2 heterocycles. The van der Waals surface area contributed by atoms with E-state index in [0.29, 0.717) is 0 Å². The van der Waals surface area contributed by atoms with Crippen molar-refractivity contribution in [2.45, 2.75) is 38.2 Å². The molecule has 1 aliphatic heterocycles. The van der Waals surface area contributed by atoms with E-state index in [4.69, 9.17) is 0 Å². The summed E-state index contributed by atoms with van der Waals surface area (Å²) in [6, 6.07) is 0. The van der Waals surface area contributed by atoms with Crippen LogP contribution in [0.1, 0.15) is 42.4 Å². The van der Waals surface area contributed by atoms with Gasteiger partial charge < -0.3 is 10.0 Å². The Balaban J connectivity index is 1.90. The number of fused-ring (bicyclic) bond motifs is 1. The minimum absolute atomic E-state index is 0.248. The molecule has 1 saturated heterocycles. The van der Waals surface area contributed by atoms with Crippen LogP contribution in [0.3, 0.4) is 0 Å².